The van der Waals surface area contributed by atoms with Gasteiger partial charge in [-0.15, -0.1) is 10.2 Å². The zero-order valence-corrected chi connectivity index (χ0v) is 16.2. The van der Waals surface area contributed by atoms with E-state index in [9.17, 15) is 4.79 Å². The average molecular weight is 397 g/mol. The second-order valence-corrected chi connectivity index (χ2v) is 7.18. The summed E-state index contributed by atoms with van der Waals surface area (Å²) in [5.74, 6) is 1.07. The van der Waals surface area contributed by atoms with E-state index in [4.69, 9.17) is 16.0 Å². The zero-order chi connectivity index (χ0) is 19.3. The Bertz CT molecular complexity index is 944. The van der Waals surface area contributed by atoms with Crippen LogP contribution in [0.1, 0.15) is 22.7 Å². The number of rotatable bonds is 4. The predicted octanol–water partition coefficient (Wildman–Crippen LogP) is 3.74. The summed E-state index contributed by atoms with van der Waals surface area (Å²) in [6, 6.07) is 16.8. The maximum atomic E-state index is 12.7. The predicted molar refractivity (Wildman–Crippen MR) is 107 cm³/mol. The molecule has 28 heavy (non-hydrogen) atoms. The third-order valence-corrected chi connectivity index (χ3v) is 5.16. The van der Waals surface area contributed by atoms with E-state index in [1.807, 2.05) is 53.4 Å². The van der Waals surface area contributed by atoms with Crippen molar-refractivity contribution in [2.75, 3.05) is 26.2 Å². The Balaban J connectivity index is 1.38. The van der Waals surface area contributed by atoms with Crippen LogP contribution in [0.5, 0.6) is 0 Å². The molecule has 1 fully saturated rings. The Hall–Kier alpha value is -2.70. The zero-order valence-electron chi connectivity index (χ0n) is 15.4. The number of carbonyl (C=O) groups excluding carboxylic acids is 1. The van der Waals surface area contributed by atoms with Crippen molar-refractivity contribution < 1.29 is 9.21 Å². The highest BCUT2D eigenvalue weighted by Gasteiger charge is 2.21. The van der Waals surface area contributed by atoms with E-state index in [0.29, 0.717) is 29.9 Å². The van der Waals surface area contributed by atoms with E-state index in [1.54, 1.807) is 6.07 Å². The average Bonchev–Trinajstić information content (AvgIpc) is 3.06. The van der Waals surface area contributed by atoms with Crippen LogP contribution in [0.15, 0.2) is 59.0 Å². The van der Waals surface area contributed by atoms with Crippen molar-refractivity contribution in [3.63, 3.8) is 0 Å². The Morgan fingerprint density at radius 2 is 1.75 bits per heavy atom. The van der Waals surface area contributed by atoms with Gasteiger partial charge in [-0.25, -0.2) is 0 Å². The summed E-state index contributed by atoms with van der Waals surface area (Å²) in [7, 11) is 0. The highest BCUT2D eigenvalue weighted by atomic mass is 35.5. The lowest BCUT2D eigenvalue weighted by Crippen LogP contribution is -2.35. The summed E-state index contributed by atoms with van der Waals surface area (Å²) in [6.45, 7) is 3.63. The van der Waals surface area contributed by atoms with Crippen LogP contribution in [0, 0.1) is 0 Å². The highest BCUT2D eigenvalue weighted by molar-refractivity contribution is 6.33. The molecule has 1 amide bonds. The van der Waals surface area contributed by atoms with Crippen molar-refractivity contribution in [1.29, 1.82) is 0 Å². The van der Waals surface area contributed by atoms with Crippen molar-refractivity contribution in [2.45, 2.75) is 13.0 Å². The summed E-state index contributed by atoms with van der Waals surface area (Å²) in [5, 5.41) is 8.88. The van der Waals surface area contributed by atoms with E-state index in [0.717, 1.165) is 37.2 Å². The molecule has 1 aromatic heterocycles. The van der Waals surface area contributed by atoms with Gasteiger partial charge in [0, 0.05) is 31.7 Å². The molecule has 0 saturated carbocycles. The van der Waals surface area contributed by atoms with Crippen molar-refractivity contribution >= 4 is 17.5 Å². The molecule has 0 bridgehead atoms. The number of benzene rings is 2. The Morgan fingerprint density at radius 3 is 2.57 bits per heavy atom. The molecule has 0 N–H and O–H groups in total. The topological polar surface area (TPSA) is 62.5 Å². The molecule has 6 nitrogen and oxygen atoms in total. The van der Waals surface area contributed by atoms with Crippen LogP contribution < -0.4 is 0 Å². The molecule has 1 aliphatic heterocycles. The molecule has 1 aliphatic rings. The number of hydrogen-bond donors (Lipinski definition) is 0. The van der Waals surface area contributed by atoms with Crippen LogP contribution in [0.4, 0.5) is 0 Å². The fourth-order valence-corrected chi connectivity index (χ4v) is 3.56. The van der Waals surface area contributed by atoms with Crippen LogP contribution in [0.2, 0.25) is 5.02 Å². The Labute approximate surface area is 168 Å². The number of amides is 1. The summed E-state index contributed by atoms with van der Waals surface area (Å²) in [4.78, 5) is 16.8. The van der Waals surface area contributed by atoms with Crippen molar-refractivity contribution in [3.05, 3.63) is 71.1 Å². The van der Waals surface area contributed by atoms with Crippen LogP contribution >= 0.6 is 11.6 Å². The van der Waals surface area contributed by atoms with E-state index in [1.165, 1.54) is 0 Å². The summed E-state index contributed by atoms with van der Waals surface area (Å²) >= 11 is 6.20. The largest absolute Gasteiger partial charge is 0.419 e. The summed E-state index contributed by atoms with van der Waals surface area (Å²) < 4.78 is 5.81. The second-order valence-electron chi connectivity index (χ2n) is 6.77. The van der Waals surface area contributed by atoms with Gasteiger partial charge in [0.05, 0.1) is 17.1 Å². The molecule has 0 spiro atoms. The van der Waals surface area contributed by atoms with Gasteiger partial charge in [0.25, 0.3) is 5.91 Å². The van der Waals surface area contributed by atoms with Crippen LogP contribution in [-0.4, -0.2) is 52.1 Å². The van der Waals surface area contributed by atoms with Gasteiger partial charge in [0.1, 0.15) is 0 Å². The minimum Gasteiger partial charge on any atom is -0.419 e. The van der Waals surface area contributed by atoms with Crippen molar-refractivity contribution in [1.82, 2.24) is 20.0 Å². The van der Waals surface area contributed by atoms with Crippen LogP contribution in [0.3, 0.4) is 0 Å². The lowest BCUT2D eigenvalue weighted by atomic mass is 10.2. The molecule has 4 rings (SSSR count). The molecule has 0 radical (unpaired) electrons. The first kappa shape index (κ1) is 18.7. The lowest BCUT2D eigenvalue weighted by Gasteiger charge is -2.21. The van der Waals surface area contributed by atoms with Gasteiger partial charge in [-0.1, -0.05) is 41.9 Å². The van der Waals surface area contributed by atoms with Gasteiger partial charge in [0.2, 0.25) is 11.8 Å². The van der Waals surface area contributed by atoms with Gasteiger partial charge in [0.15, 0.2) is 0 Å². The fraction of sp³-hybridized carbons (Fsp3) is 0.286. The monoisotopic (exact) mass is 396 g/mol. The van der Waals surface area contributed by atoms with E-state index in [-0.39, 0.29) is 5.91 Å². The fourth-order valence-electron chi connectivity index (χ4n) is 3.35. The first-order valence-corrected chi connectivity index (χ1v) is 9.72. The molecular formula is C21H21ClN4O2. The standard InChI is InChI=1S/C21H21ClN4O2/c22-18-10-5-4-9-17(18)20-24-23-19(28-20)15-25-11-6-12-26(14-13-25)21(27)16-7-2-1-3-8-16/h1-5,7-10H,6,11-15H2. The Morgan fingerprint density at radius 1 is 0.964 bits per heavy atom. The number of aromatic nitrogens is 2. The number of hydrogen-bond acceptors (Lipinski definition) is 5. The maximum absolute atomic E-state index is 12.7. The van der Waals surface area contributed by atoms with Gasteiger partial charge in [-0.3, -0.25) is 9.69 Å². The summed E-state index contributed by atoms with van der Waals surface area (Å²) in [5.41, 5.74) is 1.47. The molecule has 0 unspecified atom stereocenters. The number of halogens is 1. The van der Waals surface area contributed by atoms with Gasteiger partial charge < -0.3 is 9.32 Å². The number of carbonyl (C=O) groups is 1. The first-order valence-electron chi connectivity index (χ1n) is 9.34. The molecule has 2 aromatic carbocycles. The van der Waals surface area contributed by atoms with Crippen molar-refractivity contribution in [3.8, 4) is 11.5 Å². The first-order chi connectivity index (χ1) is 13.7. The minimum absolute atomic E-state index is 0.0845. The third kappa shape index (κ3) is 4.24. The molecule has 1 saturated heterocycles. The van der Waals surface area contributed by atoms with Gasteiger partial charge >= 0.3 is 0 Å². The van der Waals surface area contributed by atoms with E-state index >= 15 is 0 Å². The molecule has 0 atom stereocenters. The molecular weight excluding hydrogens is 376 g/mol. The molecule has 7 heteroatoms. The van der Waals surface area contributed by atoms with Gasteiger partial charge in [-0.05, 0) is 30.7 Å². The van der Waals surface area contributed by atoms with E-state index < -0.39 is 0 Å². The third-order valence-electron chi connectivity index (χ3n) is 4.83. The minimum atomic E-state index is 0.0845. The van der Waals surface area contributed by atoms with E-state index in [2.05, 4.69) is 15.1 Å². The van der Waals surface area contributed by atoms with Crippen LogP contribution in [0.25, 0.3) is 11.5 Å². The maximum Gasteiger partial charge on any atom is 0.253 e. The molecule has 3 aromatic rings. The highest BCUT2D eigenvalue weighted by Crippen LogP contribution is 2.26. The Kier molecular flexibility index (Phi) is 5.69. The smallest absolute Gasteiger partial charge is 0.253 e. The lowest BCUT2D eigenvalue weighted by molar-refractivity contribution is 0.0760. The van der Waals surface area contributed by atoms with Crippen molar-refractivity contribution in [2.24, 2.45) is 0 Å². The second kappa shape index (κ2) is 8.54. The molecule has 144 valence electrons. The summed E-state index contributed by atoms with van der Waals surface area (Å²) in [6.07, 6.45) is 0.907. The normalized spacial score (nSPS) is 15.4. The quantitative estimate of drug-likeness (QED) is 0.672. The van der Waals surface area contributed by atoms with Crippen LogP contribution in [-0.2, 0) is 6.54 Å². The number of nitrogens with zero attached hydrogens (tertiary/aromatic N) is 4. The SMILES string of the molecule is O=C(c1ccccc1)N1CCCN(Cc2nnc(-c3ccccc3Cl)o2)CC1. The molecule has 0 aliphatic carbocycles. The molecule has 2 heterocycles. The van der Waals surface area contributed by atoms with Gasteiger partial charge in [-0.2, -0.15) is 0 Å².